The van der Waals surface area contributed by atoms with Gasteiger partial charge in [0.05, 0.1) is 23.7 Å². The summed E-state index contributed by atoms with van der Waals surface area (Å²) >= 11 is 0. The van der Waals surface area contributed by atoms with Crippen LogP contribution in [0.5, 0.6) is 0 Å². The molecule has 0 fully saturated rings. The number of nitrogens with one attached hydrogen (secondary N) is 2. The Labute approximate surface area is 228 Å². The van der Waals surface area contributed by atoms with E-state index in [1.54, 1.807) is 26.0 Å². The Hall–Kier alpha value is -3.85. The maximum Gasteiger partial charge on any atom is 0.413 e. The monoisotopic (exact) mass is 559 g/mol. The van der Waals surface area contributed by atoms with Crippen molar-refractivity contribution in [1.82, 2.24) is 15.6 Å². The lowest BCUT2D eigenvalue weighted by Gasteiger charge is -2.19. The number of nitriles is 1. The number of alkyl carbamates (subject to hydrolysis) is 1. The number of rotatable bonds is 12. The topological polar surface area (TPSA) is 151 Å². The van der Waals surface area contributed by atoms with Gasteiger partial charge in [0.25, 0.3) is 0 Å². The summed E-state index contributed by atoms with van der Waals surface area (Å²) in [5, 5.41) is 14.5. The molecule has 0 aliphatic heterocycles. The Bertz CT molecular complexity index is 1290. The SMILES string of the molecule is CC(C)CCC(C#N)NC(=O)C(CS(=O)(=O)Cc1ccccc1F)N=C(NC(=O)OC(C)C)c1ccccn1. The number of carbonyl (C=O) groups is 2. The first kappa shape index (κ1) is 31.4. The number of aliphatic imine (C=N–C) groups is 1. The zero-order valence-corrected chi connectivity index (χ0v) is 23.2. The number of amidine groups is 1. The molecule has 2 amide bonds. The van der Waals surface area contributed by atoms with Crippen LogP contribution >= 0.6 is 0 Å². The molecule has 2 rings (SSSR count). The van der Waals surface area contributed by atoms with Crippen molar-refractivity contribution in [2.75, 3.05) is 5.75 Å². The van der Waals surface area contributed by atoms with Gasteiger partial charge in [-0.1, -0.05) is 38.1 Å². The van der Waals surface area contributed by atoms with Gasteiger partial charge in [0.15, 0.2) is 15.7 Å². The second-order valence-electron chi connectivity index (χ2n) is 9.59. The molecule has 0 aliphatic rings. The van der Waals surface area contributed by atoms with Crippen LogP contribution in [0.15, 0.2) is 53.7 Å². The van der Waals surface area contributed by atoms with Crippen LogP contribution < -0.4 is 10.6 Å². The van der Waals surface area contributed by atoms with Crippen LogP contribution in [0.2, 0.25) is 0 Å². The van der Waals surface area contributed by atoms with Gasteiger partial charge in [0.2, 0.25) is 5.91 Å². The molecule has 0 aliphatic carbocycles. The highest BCUT2D eigenvalue weighted by atomic mass is 32.2. The molecule has 210 valence electrons. The summed E-state index contributed by atoms with van der Waals surface area (Å²) in [4.78, 5) is 34.1. The third kappa shape index (κ3) is 11.2. The van der Waals surface area contributed by atoms with Gasteiger partial charge < -0.3 is 10.1 Å². The van der Waals surface area contributed by atoms with Crippen molar-refractivity contribution in [3.05, 3.63) is 65.7 Å². The van der Waals surface area contributed by atoms with E-state index in [0.29, 0.717) is 12.8 Å². The van der Waals surface area contributed by atoms with Crippen LogP contribution in [-0.4, -0.2) is 55.2 Å². The van der Waals surface area contributed by atoms with Crippen molar-refractivity contribution in [2.24, 2.45) is 10.9 Å². The lowest BCUT2D eigenvalue weighted by atomic mass is 10.0. The van der Waals surface area contributed by atoms with Gasteiger partial charge in [-0.15, -0.1) is 0 Å². The third-order valence-electron chi connectivity index (χ3n) is 5.31. The molecule has 10 nitrogen and oxygen atoms in total. The second kappa shape index (κ2) is 14.9. The number of hydrogen-bond donors (Lipinski definition) is 2. The zero-order chi connectivity index (χ0) is 29.0. The number of pyridine rings is 1. The second-order valence-corrected chi connectivity index (χ2v) is 11.7. The summed E-state index contributed by atoms with van der Waals surface area (Å²) in [7, 11) is -4.10. The van der Waals surface area contributed by atoms with E-state index in [9.17, 15) is 27.7 Å². The van der Waals surface area contributed by atoms with Gasteiger partial charge in [-0.25, -0.2) is 17.6 Å². The Morgan fingerprint density at radius 3 is 2.38 bits per heavy atom. The van der Waals surface area contributed by atoms with Gasteiger partial charge in [-0.3, -0.25) is 20.1 Å². The minimum atomic E-state index is -4.10. The van der Waals surface area contributed by atoms with Crippen LogP contribution in [0.25, 0.3) is 0 Å². The fourth-order valence-corrected chi connectivity index (χ4v) is 4.95. The fourth-order valence-electron chi connectivity index (χ4n) is 3.42. The number of sulfone groups is 1. The van der Waals surface area contributed by atoms with Crippen molar-refractivity contribution in [3.8, 4) is 6.07 Å². The van der Waals surface area contributed by atoms with Crippen LogP contribution in [-0.2, 0) is 25.1 Å². The minimum absolute atomic E-state index is 0.0592. The number of carbonyl (C=O) groups excluding carboxylic acids is 2. The molecule has 2 unspecified atom stereocenters. The fraction of sp³-hybridized carbons (Fsp3) is 0.444. The average molecular weight is 560 g/mol. The maximum absolute atomic E-state index is 14.2. The standard InChI is InChI=1S/C27H34FN5O5S/c1-18(2)12-13-21(15-29)31-26(34)24(17-39(36,37)16-20-9-5-6-10-22(20)28)32-25(23-11-7-8-14-30-23)33-27(35)38-19(3)4/h5-11,14,18-19,21,24H,12-13,16-17H2,1-4H3,(H,31,34)(H,32,33,35). The van der Waals surface area contributed by atoms with Crippen LogP contribution in [0.3, 0.4) is 0 Å². The number of nitrogens with zero attached hydrogens (tertiary/aromatic N) is 3. The molecule has 1 heterocycles. The first-order valence-electron chi connectivity index (χ1n) is 12.5. The number of benzene rings is 1. The average Bonchev–Trinajstić information content (AvgIpc) is 2.86. The molecule has 0 bridgehead atoms. The highest BCUT2D eigenvalue weighted by Gasteiger charge is 2.29. The lowest BCUT2D eigenvalue weighted by molar-refractivity contribution is -0.122. The molecule has 0 spiro atoms. The van der Waals surface area contributed by atoms with Gasteiger partial charge in [-0.05, 0) is 50.8 Å². The van der Waals surface area contributed by atoms with Crippen LogP contribution in [0, 0.1) is 23.1 Å². The number of halogens is 1. The minimum Gasteiger partial charge on any atom is -0.447 e. The Morgan fingerprint density at radius 2 is 1.79 bits per heavy atom. The van der Waals surface area contributed by atoms with Gasteiger partial charge in [0.1, 0.15) is 23.6 Å². The maximum atomic E-state index is 14.2. The molecule has 39 heavy (non-hydrogen) atoms. The van der Waals surface area contributed by atoms with E-state index < -0.39 is 57.3 Å². The Morgan fingerprint density at radius 1 is 1.10 bits per heavy atom. The summed E-state index contributed by atoms with van der Waals surface area (Å²) in [6.45, 7) is 7.23. The zero-order valence-electron chi connectivity index (χ0n) is 22.4. The summed E-state index contributed by atoms with van der Waals surface area (Å²) in [5.41, 5.74) is 0.0928. The largest absolute Gasteiger partial charge is 0.447 e. The molecule has 1 aromatic heterocycles. The third-order valence-corrected chi connectivity index (χ3v) is 6.88. The van der Waals surface area contributed by atoms with Crippen molar-refractivity contribution in [1.29, 1.82) is 5.26 Å². The molecule has 12 heteroatoms. The number of aromatic nitrogens is 1. The molecule has 0 radical (unpaired) electrons. The van der Waals surface area contributed by atoms with E-state index >= 15 is 0 Å². The molecule has 0 saturated heterocycles. The quantitative estimate of drug-likeness (QED) is 0.298. The van der Waals surface area contributed by atoms with Crippen molar-refractivity contribution in [3.63, 3.8) is 0 Å². The molecule has 2 aromatic rings. The van der Waals surface area contributed by atoms with E-state index in [0.717, 1.165) is 6.07 Å². The molecule has 2 N–H and O–H groups in total. The molecule has 2 atom stereocenters. The molecule has 1 aromatic carbocycles. The highest BCUT2D eigenvalue weighted by molar-refractivity contribution is 7.90. The predicted molar refractivity (Wildman–Crippen MR) is 145 cm³/mol. The first-order chi connectivity index (χ1) is 18.4. The normalized spacial score (nSPS) is 13.4. The number of ether oxygens (including phenoxy) is 1. The summed E-state index contributed by atoms with van der Waals surface area (Å²) in [6, 6.07) is 9.72. The van der Waals surface area contributed by atoms with Crippen molar-refractivity contribution < 1.29 is 27.1 Å². The van der Waals surface area contributed by atoms with Crippen molar-refractivity contribution in [2.45, 2.75) is 64.5 Å². The van der Waals surface area contributed by atoms with Crippen molar-refractivity contribution >= 4 is 27.7 Å². The van der Waals surface area contributed by atoms with Crippen LogP contribution in [0.1, 0.15) is 51.8 Å². The number of hydrogen-bond acceptors (Lipinski definition) is 8. The van der Waals surface area contributed by atoms with Gasteiger partial charge in [0, 0.05) is 11.8 Å². The van der Waals surface area contributed by atoms with Gasteiger partial charge >= 0.3 is 6.09 Å². The highest BCUT2D eigenvalue weighted by Crippen LogP contribution is 2.14. The Balaban J connectivity index is 2.47. The van der Waals surface area contributed by atoms with E-state index in [-0.39, 0.29) is 23.0 Å². The predicted octanol–water partition coefficient (Wildman–Crippen LogP) is 3.53. The Kier molecular flexibility index (Phi) is 12.0. The van der Waals surface area contributed by atoms with E-state index in [4.69, 9.17) is 4.74 Å². The number of amides is 2. The summed E-state index contributed by atoms with van der Waals surface area (Å²) in [6.07, 6.45) is 1.09. The summed E-state index contributed by atoms with van der Waals surface area (Å²) in [5.74, 6) is -2.94. The summed E-state index contributed by atoms with van der Waals surface area (Å²) < 4.78 is 45.5. The van der Waals surface area contributed by atoms with E-state index in [1.807, 2.05) is 19.9 Å². The van der Waals surface area contributed by atoms with Crippen LogP contribution in [0.4, 0.5) is 9.18 Å². The smallest absolute Gasteiger partial charge is 0.413 e. The van der Waals surface area contributed by atoms with E-state index in [1.165, 1.54) is 30.5 Å². The lowest BCUT2D eigenvalue weighted by Crippen LogP contribution is -2.45. The first-order valence-corrected chi connectivity index (χ1v) is 14.3. The van der Waals surface area contributed by atoms with E-state index in [2.05, 4.69) is 20.6 Å². The van der Waals surface area contributed by atoms with Gasteiger partial charge in [-0.2, -0.15) is 5.26 Å². The molecule has 0 saturated carbocycles. The molecular weight excluding hydrogens is 525 g/mol. The molecular formula is C27H34FN5O5S.